The number of fused-ring (bicyclic) bond motifs is 2. The maximum Gasteiger partial charge on any atom is 0.326 e. The average molecular weight is 1540 g/mol. The molecule has 0 aliphatic rings. The SMILES string of the molecule is CSCC[C@H](NC(=O)[C@H](CCCN=C(N)N)NC(=O)[C@H](Cc1c[nH]c2ccccc12)NC(=O)[C@H](CCC(N)=O)NC(=O)[C@H](Cc1c[nH]c2ccccc12)NC(=O)[C@H](CCCN=C(N)N)NC(=O)[C@@H](N)CCCN=C(N)N)C(=O)N[C@@H](CCCCN)C(=O)N[C@@H](CCCCN)C(=O)N[C@@H](Cc1ccc(O)cc1)C(=O)O. The van der Waals surface area contributed by atoms with E-state index in [2.05, 4.69) is 72.8 Å². The third-order valence-corrected chi connectivity index (χ3v) is 18.3. The van der Waals surface area contributed by atoms with Crippen LogP contribution in [0.2, 0.25) is 0 Å². The van der Waals surface area contributed by atoms with Crippen LogP contribution >= 0.6 is 11.8 Å². The fourth-order valence-electron chi connectivity index (χ4n) is 11.8. The standard InChI is InChI=1S/C71H108N24O13S/c1-109-34-28-54(65(104)89-49(18-6-8-29-72)60(99)88-50(19-7-9-30-73)63(102)95-57(68(107)108)35-40-22-24-43(96)25-23-40)92-61(100)52(21-12-33-84-71(80)81)90-66(105)55(36-41-38-85-47-16-4-2-13-44(41)47)94-64(103)53(26-27-58(75)97)91-67(106)56(37-42-39-86-48-17-5-3-14-45(42)48)93-62(101)51(20-11-32-83-70(78)79)87-59(98)46(74)15-10-31-82-69(76)77/h2-5,13-14,16-17,22-25,38-39,46,49-57,85-86,96H,6-12,15,18-21,26-37,72-74H2,1H3,(H2,75,97)(H,87,98)(H,88,99)(H,89,104)(H,90,105)(H,91,106)(H,92,100)(H,93,101)(H,94,103)(H,95,102)(H,107,108)(H4,76,77,82)(H4,78,79,83)(H4,80,81,84)/t46-,49-,50-,51-,52-,53-,54-,55-,56-,57-/m0/s1. The quantitative estimate of drug-likeness (QED) is 0.0102. The Bertz CT molecular complexity index is 3910. The van der Waals surface area contributed by atoms with E-state index in [4.69, 9.17) is 57.3 Å². The Labute approximate surface area is 635 Å². The molecule has 33 N–H and O–H groups in total. The molecule has 5 rings (SSSR count). The second kappa shape index (κ2) is 46.7. The number of aromatic amines is 2. The van der Waals surface area contributed by atoms with Gasteiger partial charge in [0.25, 0.3) is 0 Å². The van der Waals surface area contributed by atoms with Gasteiger partial charge in [0.05, 0.1) is 6.04 Å². The van der Waals surface area contributed by atoms with E-state index in [1.807, 2.05) is 0 Å². The number of H-pyrrole nitrogens is 2. The van der Waals surface area contributed by atoms with Crippen molar-refractivity contribution in [2.24, 2.45) is 72.3 Å². The predicted molar refractivity (Wildman–Crippen MR) is 416 cm³/mol. The van der Waals surface area contributed by atoms with Crippen LogP contribution in [0.4, 0.5) is 0 Å². The number of hydrogen-bond acceptors (Lipinski definition) is 19. The summed E-state index contributed by atoms with van der Waals surface area (Å²) in [7, 11) is 0. The highest BCUT2D eigenvalue weighted by atomic mass is 32.2. The lowest BCUT2D eigenvalue weighted by molar-refractivity contribution is -0.142. The molecule has 2 aromatic heterocycles. The number of unbranched alkanes of at least 4 members (excludes halogenated alkanes) is 2. The van der Waals surface area contributed by atoms with Crippen LogP contribution in [-0.2, 0) is 72.0 Å². The number of aliphatic imine (C=N–C) groups is 3. The van der Waals surface area contributed by atoms with Crippen molar-refractivity contribution in [2.75, 3.05) is 44.7 Å². The van der Waals surface area contributed by atoms with Crippen molar-refractivity contribution in [1.82, 2.24) is 57.8 Å². The molecule has 5 aromatic rings. The number of aromatic hydroxyl groups is 1. The first-order chi connectivity index (χ1) is 52.1. The number of carboxylic acid groups (broad SMARTS) is 1. The minimum atomic E-state index is -1.67. The molecule has 37 nitrogen and oxygen atoms in total. The number of thioether (sulfide) groups is 1. The van der Waals surface area contributed by atoms with Crippen LogP contribution in [0.3, 0.4) is 0 Å². The normalized spacial score (nSPS) is 13.9. The zero-order valence-electron chi connectivity index (χ0n) is 61.2. The topological polar surface area (TPSA) is 665 Å². The number of hydrogen-bond donors (Lipinski definition) is 23. The molecule has 0 radical (unpaired) electrons. The number of amides is 10. The van der Waals surface area contributed by atoms with Crippen LogP contribution < -0.4 is 105 Å². The molecule has 0 saturated carbocycles. The average Bonchev–Trinajstić information content (AvgIpc) is 1.70. The molecule has 0 spiro atoms. The fraction of sp³-hybridized carbons (Fsp3) is 0.493. The molecular weight excluding hydrogens is 1430 g/mol. The number of nitrogens with two attached hydrogens (primary N) is 10. The minimum absolute atomic E-state index is 0.00254. The Hall–Kier alpha value is -11.2. The van der Waals surface area contributed by atoms with Crippen molar-refractivity contribution < 1.29 is 63.0 Å². The molecule has 10 amide bonds. The van der Waals surface area contributed by atoms with Crippen molar-refractivity contribution in [3.63, 3.8) is 0 Å². The van der Waals surface area contributed by atoms with Gasteiger partial charge in [0, 0.05) is 79.5 Å². The summed E-state index contributed by atoms with van der Waals surface area (Å²) in [6.45, 7) is 0.644. The Morgan fingerprint density at radius 3 is 1.13 bits per heavy atom. The predicted octanol–water partition coefficient (Wildman–Crippen LogP) is -3.40. The molecule has 0 aliphatic heterocycles. The van der Waals surface area contributed by atoms with Crippen molar-refractivity contribution in [3.8, 4) is 5.75 Å². The summed E-state index contributed by atoms with van der Waals surface area (Å²) in [6, 6.07) is 5.67. The first kappa shape index (κ1) is 88.4. The summed E-state index contributed by atoms with van der Waals surface area (Å²) in [4.78, 5) is 175. The molecule has 0 unspecified atom stereocenters. The van der Waals surface area contributed by atoms with Gasteiger partial charge in [-0.05, 0) is 156 Å². The van der Waals surface area contributed by atoms with Crippen molar-refractivity contribution in [2.45, 2.75) is 176 Å². The number of aromatic nitrogens is 2. The number of primary amides is 1. The molecular formula is C71H108N24O13S. The smallest absolute Gasteiger partial charge is 0.326 e. The number of rotatable bonds is 51. The lowest BCUT2D eigenvalue weighted by Gasteiger charge is -2.28. The van der Waals surface area contributed by atoms with Gasteiger partial charge in [-0.3, -0.25) is 62.9 Å². The number of phenolic OH excluding ortho intramolecular Hbond substituents is 1. The van der Waals surface area contributed by atoms with Crippen LogP contribution in [0, 0.1) is 0 Å². The van der Waals surface area contributed by atoms with E-state index in [1.165, 1.54) is 36.0 Å². The van der Waals surface area contributed by atoms with Gasteiger partial charge in [-0.2, -0.15) is 11.8 Å². The summed E-state index contributed by atoms with van der Waals surface area (Å²) in [5, 5.41) is 45.6. The Kier molecular flexibility index (Phi) is 37.9. The maximum absolute atomic E-state index is 15.3. The number of carbonyl (C=O) groups is 11. The third-order valence-electron chi connectivity index (χ3n) is 17.6. The van der Waals surface area contributed by atoms with Gasteiger partial charge in [0.1, 0.15) is 60.1 Å². The van der Waals surface area contributed by atoms with E-state index < -0.39 is 138 Å². The minimum Gasteiger partial charge on any atom is -0.508 e. The summed E-state index contributed by atoms with van der Waals surface area (Å²) in [5.74, 6) is -10.5. The van der Waals surface area contributed by atoms with E-state index >= 15 is 14.4 Å². The number of carbonyl (C=O) groups excluding carboxylic acids is 10. The molecule has 3 aromatic carbocycles. The van der Waals surface area contributed by atoms with Crippen LogP contribution in [0.25, 0.3) is 21.8 Å². The Morgan fingerprint density at radius 1 is 0.413 bits per heavy atom. The maximum atomic E-state index is 15.3. The zero-order chi connectivity index (χ0) is 80.0. The summed E-state index contributed by atoms with van der Waals surface area (Å²) in [5.41, 5.74) is 59.9. The summed E-state index contributed by atoms with van der Waals surface area (Å²) in [6.07, 6.45) is 5.36. The van der Waals surface area contributed by atoms with E-state index in [0.29, 0.717) is 70.6 Å². The van der Waals surface area contributed by atoms with Crippen molar-refractivity contribution >= 4 is 116 Å². The lowest BCUT2D eigenvalue weighted by Crippen LogP contribution is -2.61. The largest absolute Gasteiger partial charge is 0.508 e. The number of phenols is 1. The van der Waals surface area contributed by atoms with Crippen LogP contribution in [-0.4, -0.2) is 208 Å². The van der Waals surface area contributed by atoms with E-state index in [1.54, 1.807) is 67.2 Å². The molecule has 2 heterocycles. The second-order valence-corrected chi connectivity index (χ2v) is 27.2. The second-order valence-electron chi connectivity index (χ2n) is 26.2. The number of benzene rings is 3. The first-order valence-electron chi connectivity index (χ1n) is 36.0. The van der Waals surface area contributed by atoms with Gasteiger partial charge in [-0.25, -0.2) is 4.79 Å². The fourth-order valence-corrected chi connectivity index (χ4v) is 12.2. The summed E-state index contributed by atoms with van der Waals surface area (Å²) >= 11 is 1.33. The van der Waals surface area contributed by atoms with Crippen LogP contribution in [0.1, 0.15) is 113 Å². The molecule has 10 atom stereocenters. The van der Waals surface area contributed by atoms with E-state index in [9.17, 15) is 48.6 Å². The van der Waals surface area contributed by atoms with E-state index in [0.717, 1.165) is 0 Å². The molecule has 0 aliphatic carbocycles. The number of guanidine groups is 3. The number of nitrogens with zero attached hydrogens (tertiary/aromatic N) is 3. The molecule has 0 bridgehead atoms. The Balaban J connectivity index is 1.49. The first-order valence-corrected chi connectivity index (χ1v) is 37.4. The molecule has 0 saturated heterocycles. The number of aliphatic carboxylic acids is 1. The summed E-state index contributed by atoms with van der Waals surface area (Å²) < 4.78 is 0. The lowest BCUT2D eigenvalue weighted by atomic mass is 10.0. The van der Waals surface area contributed by atoms with E-state index in [-0.39, 0.29) is 133 Å². The van der Waals surface area contributed by atoms with Gasteiger partial charge in [-0.1, -0.05) is 48.5 Å². The molecule has 0 fully saturated rings. The van der Waals surface area contributed by atoms with Gasteiger partial charge < -0.3 is 125 Å². The molecule has 596 valence electrons. The van der Waals surface area contributed by atoms with Crippen LogP contribution in [0.5, 0.6) is 5.75 Å². The number of carboxylic acids is 1. The molecule has 38 heteroatoms. The highest BCUT2D eigenvalue weighted by molar-refractivity contribution is 7.98. The zero-order valence-corrected chi connectivity index (χ0v) is 62.1. The van der Waals surface area contributed by atoms with Gasteiger partial charge >= 0.3 is 5.97 Å². The number of para-hydroxylation sites is 2. The van der Waals surface area contributed by atoms with Gasteiger partial charge in [0.2, 0.25) is 59.1 Å². The van der Waals surface area contributed by atoms with Crippen LogP contribution in [0.15, 0.2) is 100 Å². The van der Waals surface area contributed by atoms with Gasteiger partial charge in [-0.15, -0.1) is 0 Å². The monoisotopic (exact) mass is 1540 g/mol. The third kappa shape index (κ3) is 31.2. The Morgan fingerprint density at radius 2 is 0.752 bits per heavy atom. The van der Waals surface area contributed by atoms with Gasteiger partial charge in [0.15, 0.2) is 17.9 Å². The number of nitrogens with one attached hydrogen (secondary N) is 11. The molecule has 109 heavy (non-hydrogen) atoms. The van der Waals surface area contributed by atoms with Crippen molar-refractivity contribution in [3.05, 3.63) is 102 Å². The van der Waals surface area contributed by atoms with Crippen molar-refractivity contribution in [1.29, 1.82) is 0 Å². The highest BCUT2D eigenvalue weighted by Crippen LogP contribution is 2.23. The highest BCUT2D eigenvalue weighted by Gasteiger charge is 2.37.